The Morgan fingerprint density at radius 1 is 1.35 bits per heavy atom. The Labute approximate surface area is 117 Å². The first-order valence-electron chi connectivity index (χ1n) is 6.44. The summed E-state index contributed by atoms with van der Waals surface area (Å²) in [5.74, 6) is -0.496. The van der Waals surface area contributed by atoms with Gasteiger partial charge in [0.15, 0.2) is 0 Å². The van der Waals surface area contributed by atoms with Crippen LogP contribution in [-0.4, -0.2) is 31.0 Å². The third-order valence-electron chi connectivity index (χ3n) is 2.58. The number of rotatable bonds is 7. The molecule has 0 saturated carbocycles. The molecule has 2 amide bonds. The van der Waals surface area contributed by atoms with Crippen molar-refractivity contribution in [3.8, 4) is 5.75 Å². The first-order chi connectivity index (χ1) is 9.51. The summed E-state index contributed by atoms with van der Waals surface area (Å²) in [4.78, 5) is 22.1. The van der Waals surface area contributed by atoms with Gasteiger partial charge in [-0.3, -0.25) is 9.59 Å². The number of hydrogen-bond donors (Lipinski definition) is 2. The van der Waals surface area contributed by atoms with Crippen molar-refractivity contribution in [1.82, 2.24) is 10.6 Å². The van der Waals surface area contributed by atoms with E-state index in [1.165, 1.54) is 19.1 Å². The Bertz CT molecular complexity index is 465. The zero-order valence-electron chi connectivity index (χ0n) is 11.6. The largest absolute Gasteiger partial charge is 0.489 e. The third-order valence-corrected chi connectivity index (χ3v) is 2.58. The van der Waals surface area contributed by atoms with Gasteiger partial charge in [0.05, 0.1) is 13.1 Å². The molecular formula is C14H19FN2O3. The summed E-state index contributed by atoms with van der Waals surface area (Å²) in [7, 11) is 0. The molecule has 1 rings (SSSR count). The normalized spacial score (nSPS) is 11.6. The van der Waals surface area contributed by atoms with Gasteiger partial charge in [0.2, 0.25) is 11.8 Å². The third kappa shape index (κ3) is 6.17. The summed E-state index contributed by atoms with van der Waals surface area (Å²) < 4.78 is 18.6. The van der Waals surface area contributed by atoms with Gasteiger partial charge < -0.3 is 15.4 Å². The number of carbonyl (C=O) groups excluding carboxylic acids is 2. The molecule has 0 radical (unpaired) electrons. The summed E-state index contributed by atoms with van der Waals surface area (Å²) in [6.45, 7) is 3.48. The lowest BCUT2D eigenvalue weighted by Crippen LogP contribution is -2.40. The van der Waals surface area contributed by atoms with E-state index in [2.05, 4.69) is 10.6 Å². The molecule has 0 unspecified atom stereocenters. The lowest BCUT2D eigenvalue weighted by Gasteiger charge is -2.18. The molecule has 0 heterocycles. The Hall–Kier alpha value is -2.11. The Kier molecular flexibility index (Phi) is 6.49. The van der Waals surface area contributed by atoms with Crippen LogP contribution in [0.15, 0.2) is 24.3 Å². The molecule has 0 saturated heterocycles. The maximum Gasteiger partial charge on any atom is 0.239 e. The van der Waals surface area contributed by atoms with E-state index in [9.17, 15) is 14.0 Å². The molecule has 1 aromatic carbocycles. The molecule has 1 atom stereocenters. The van der Waals surface area contributed by atoms with Crippen LogP contribution < -0.4 is 15.4 Å². The number of hydrogen-bond acceptors (Lipinski definition) is 3. The van der Waals surface area contributed by atoms with Crippen molar-refractivity contribution in [1.29, 1.82) is 0 Å². The Balaban J connectivity index is 2.39. The van der Waals surface area contributed by atoms with Gasteiger partial charge in [0.1, 0.15) is 17.7 Å². The van der Waals surface area contributed by atoms with E-state index in [4.69, 9.17) is 4.74 Å². The van der Waals surface area contributed by atoms with Crippen LogP contribution >= 0.6 is 0 Å². The van der Waals surface area contributed by atoms with E-state index in [1.54, 1.807) is 12.1 Å². The molecule has 2 N–H and O–H groups in total. The van der Waals surface area contributed by atoms with Crippen LogP contribution in [0.4, 0.5) is 4.39 Å². The highest BCUT2D eigenvalue weighted by molar-refractivity contribution is 5.83. The average Bonchev–Trinajstić information content (AvgIpc) is 2.41. The highest BCUT2D eigenvalue weighted by Crippen LogP contribution is 2.14. The smallest absolute Gasteiger partial charge is 0.239 e. The highest BCUT2D eigenvalue weighted by Gasteiger charge is 2.10. The number of nitrogens with one attached hydrogen (secondary N) is 2. The number of amides is 2. The second-order valence-corrected chi connectivity index (χ2v) is 4.32. The molecule has 0 bridgehead atoms. The van der Waals surface area contributed by atoms with Gasteiger partial charge in [-0.05, 0) is 18.6 Å². The van der Waals surface area contributed by atoms with Gasteiger partial charge in [0.25, 0.3) is 0 Å². The van der Waals surface area contributed by atoms with Crippen molar-refractivity contribution in [3.05, 3.63) is 30.1 Å². The zero-order chi connectivity index (χ0) is 15.0. The zero-order valence-corrected chi connectivity index (χ0v) is 11.6. The van der Waals surface area contributed by atoms with Gasteiger partial charge in [-0.2, -0.15) is 0 Å². The first kappa shape index (κ1) is 15.9. The van der Waals surface area contributed by atoms with E-state index < -0.39 is 0 Å². The van der Waals surface area contributed by atoms with Gasteiger partial charge in [0, 0.05) is 13.0 Å². The van der Waals surface area contributed by atoms with Gasteiger partial charge in [-0.15, -0.1) is 0 Å². The number of ether oxygens (including phenoxy) is 1. The van der Waals surface area contributed by atoms with Gasteiger partial charge in [-0.1, -0.05) is 13.0 Å². The van der Waals surface area contributed by atoms with E-state index in [1.807, 2.05) is 6.92 Å². The summed E-state index contributed by atoms with van der Waals surface area (Å²) >= 11 is 0. The van der Waals surface area contributed by atoms with Crippen LogP contribution in [0.25, 0.3) is 0 Å². The molecular weight excluding hydrogens is 263 g/mol. The van der Waals surface area contributed by atoms with Gasteiger partial charge in [-0.25, -0.2) is 4.39 Å². The summed E-state index contributed by atoms with van der Waals surface area (Å²) in [5.41, 5.74) is 0. The maximum atomic E-state index is 13.0. The minimum absolute atomic E-state index is 0.0638. The first-order valence-corrected chi connectivity index (χ1v) is 6.44. The predicted octanol–water partition coefficient (Wildman–Crippen LogP) is 1.24. The Morgan fingerprint density at radius 2 is 2.10 bits per heavy atom. The molecule has 0 spiro atoms. The number of carbonyl (C=O) groups is 2. The van der Waals surface area contributed by atoms with Gasteiger partial charge >= 0.3 is 0 Å². The minimum atomic E-state index is -0.368. The second kappa shape index (κ2) is 8.14. The van der Waals surface area contributed by atoms with Crippen LogP contribution in [0, 0.1) is 5.82 Å². The monoisotopic (exact) mass is 282 g/mol. The fourth-order valence-corrected chi connectivity index (χ4v) is 1.50. The van der Waals surface area contributed by atoms with Crippen LogP contribution in [0.3, 0.4) is 0 Å². The molecule has 0 aliphatic carbocycles. The SMILES string of the molecule is CC[C@H](CNC(=O)CNC(C)=O)Oc1cccc(F)c1. The lowest BCUT2D eigenvalue weighted by atomic mass is 10.2. The topological polar surface area (TPSA) is 67.4 Å². The van der Waals surface area contributed by atoms with Crippen molar-refractivity contribution >= 4 is 11.8 Å². The molecule has 0 aliphatic heterocycles. The quantitative estimate of drug-likeness (QED) is 0.790. The van der Waals surface area contributed by atoms with Crippen LogP contribution in [0.5, 0.6) is 5.75 Å². The van der Waals surface area contributed by atoms with Crippen molar-refractivity contribution in [2.45, 2.75) is 26.4 Å². The molecule has 0 fully saturated rings. The molecule has 0 aromatic heterocycles. The molecule has 5 nitrogen and oxygen atoms in total. The van der Waals surface area contributed by atoms with Crippen molar-refractivity contribution in [2.24, 2.45) is 0 Å². The van der Waals surface area contributed by atoms with E-state index >= 15 is 0 Å². The fraction of sp³-hybridized carbons (Fsp3) is 0.429. The van der Waals surface area contributed by atoms with E-state index in [0.29, 0.717) is 18.7 Å². The van der Waals surface area contributed by atoms with Crippen molar-refractivity contribution < 1.29 is 18.7 Å². The molecule has 6 heteroatoms. The lowest BCUT2D eigenvalue weighted by molar-refractivity contribution is -0.125. The van der Waals surface area contributed by atoms with Crippen LogP contribution in [0.2, 0.25) is 0 Å². The Morgan fingerprint density at radius 3 is 2.70 bits per heavy atom. The molecule has 0 aliphatic rings. The second-order valence-electron chi connectivity index (χ2n) is 4.32. The maximum absolute atomic E-state index is 13.0. The van der Waals surface area contributed by atoms with Crippen molar-refractivity contribution in [3.63, 3.8) is 0 Å². The molecule has 110 valence electrons. The van der Waals surface area contributed by atoms with Crippen molar-refractivity contribution in [2.75, 3.05) is 13.1 Å². The summed E-state index contributed by atoms with van der Waals surface area (Å²) in [5, 5.41) is 5.05. The molecule has 20 heavy (non-hydrogen) atoms. The highest BCUT2D eigenvalue weighted by atomic mass is 19.1. The minimum Gasteiger partial charge on any atom is -0.489 e. The summed E-state index contributed by atoms with van der Waals surface area (Å²) in [6.07, 6.45) is 0.412. The van der Waals surface area contributed by atoms with Crippen LogP contribution in [0.1, 0.15) is 20.3 Å². The van der Waals surface area contributed by atoms with E-state index in [-0.39, 0.29) is 30.3 Å². The average molecular weight is 282 g/mol. The number of halogens is 1. The van der Waals surface area contributed by atoms with Crippen LogP contribution in [-0.2, 0) is 9.59 Å². The number of benzene rings is 1. The predicted molar refractivity (Wildman–Crippen MR) is 72.8 cm³/mol. The van der Waals surface area contributed by atoms with E-state index in [0.717, 1.165) is 0 Å². The summed E-state index contributed by atoms with van der Waals surface area (Å²) in [6, 6.07) is 5.85. The molecule has 1 aromatic rings. The standard InChI is InChI=1S/C14H19FN2O3/c1-3-12(8-17-14(19)9-16-10(2)18)20-13-6-4-5-11(15)7-13/h4-7,12H,3,8-9H2,1-2H3,(H,16,18)(H,17,19)/t12-/m1/s1. The fourth-order valence-electron chi connectivity index (χ4n) is 1.50.